The van der Waals surface area contributed by atoms with Gasteiger partial charge in [-0.05, 0) is 44.3 Å². The lowest BCUT2D eigenvalue weighted by Crippen LogP contribution is -2.41. The molecule has 2 rings (SSSR count). The van der Waals surface area contributed by atoms with Crippen molar-refractivity contribution in [2.45, 2.75) is 19.3 Å². The first kappa shape index (κ1) is 12.6. The molecule has 1 spiro atoms. The van der Waals surface area contributed by atoms with E-state index in [2.05, 4.69) is 15.0 Å². The average molecular weight is 238 g/mol. The van der Waals surface area contributed by atoms with Crippen LogP contribution in [0.1, 0.15) is 19.3 Å². The van der Waals surface area contributed by atoms with Crippen LogP contribution in [0.2, 0.25) is 0 Å². The zero-order valence-corrected chi connectivity index (χ0v) is 10.6. The summed E-state index contributed by atoms with van der Waals surface area (Å²) < 4.78 is 4.56. The minimum absolute atomic E-state index is 0.265. The SMILES string of the molecule is COC(=O)/C=C/CN1CCC2(CCNC2)CC1. The molecule has 2 fully saturated rings. The van der Waals surface area contributed by atoms with Crippen molar-refractivity contribution in [3.05, 3.63) is 12.2 Å². The number of esters is 1. The average Bonchev–Trinajstić information content (AvgIpc) is 2.80. The predicted molar refractivity (Wildman–Crippen MR) is 66.7 cm³/mol. The molecule has 0 radical (unpaired) electrons. The molecule has 2 aliphatic rings. The first-order valence-corrected chi connectivity index (χ1v) is 6.42. The normalized spacial score (nSPS) is 24.5. The summed E-state index contributed by atoms with van der Waals surface area (Å²) in [4.78, 5) is 13.3. The molecule has 0 amide bonds. The summed E-state index contributed by atoms with van der Waals surface area (Å²) in [6, 6.07) is 0. The molecule has 2 heterocycles. The van der Waals surface area contributed by atoms with E-state index < -0.39 is 0 Å². The van der Waals surface area contributed by atoms with E-state index in [0.29, 0.717) is 5.41 Å². The molecule has 0 unspecified atom stereocenters. The molecule has 4 heteroatoms. The van der Waals surface area contributed by atoms with E-state index in [1.54, 1.807) is 0 Å². The summed E-state index contributed by atoms with van der Waals surface area (Å²) in [6.07, 6.45) is 7.31. The molecule has 0 aromatic carbocycles. The third kappa shape index (κ3) is 3.30. The standard InChI is InChI=1S/C13H22N2O2/c1-17-12(16)3-2-8-15-9-5-13(6-10-15)4-7-14-11-13/h2-3,14H,4-11H2,1H3/b3-2+. The number of carbonyl (C=O) groups excluding carboxylic acids is 1. The Kier molecular flexibility index (Phi) is 4.18. The Morgan fingerprint density at radius 1 is 1.41 bits per heavy atom. The van der Waals surface area contributed by atoms with Crippen LogP contribution < -0.4 is 5.32 Å². The van der Waals surface area contributed by atoms with E-state index in [9.17, 15) is 4.79 Å². The van der Waals surface area contributed by atoms with Gasteiger partial charge < -0.3 is 10.1 Å². The number of ether oxygens (including phenoxy) is 1. The highest BCUT2D eigenvalue weighted by atomic mass is 16.5. The number of hydrogen-bond donors (Lipinski definition) is 1. The molecule has 0 aromatic heterocycles. The van der Waals surface area contributed by atoms with Gasteiger partial charge in [-0.1, -0.05) is 6.08 Å². The summed E-state index contributed by atoms with van der Waals surface area (Å²) in [7, 11) is 1.41. The largest absolute Gasteiger partial charge is 0.466 e. The Morgan fingerprint density at radius 2 is 2.18 bits per heavy atom. The number of nitrogens with zero attached hydrogens (tertiary/aromatic N) is 1. The maximum Gasteiger partial charge on any atom is 0.330 e. The number of carbonyl (C=O) groups is 1. The number of hydrogen-bond acceptors (Lipinski definition) is 4. The van der Waals surface area contributed by atoms with Gasteiger partial charge >= 0.3 is 5.97 Å². The summed E-state index contributed by atoms with van der Waals surface area (Å²) in [5.74, 6) is -0.265. The van der Waals surface area contributed by atoms with Gasteiger partial charge in [-0.25, -0.2) is 4.79 Å². The van der Waals surface area contributed by atoms with E-state index in [0.717, 1.165) is 19.6 Å². The van der Waals surface area contributed by atoms with Crippen LogP contribution in [0.25, 0.3) is 0 Å². The number of rotatable bonds is 3. The summed E-state index contributed by atoms with van der Waals surface area (Å²) in [6.45, 7) is 5.53. The van der Waals surface area contributed by atoms with Crippen LogP contribution >= 0.6 is 0 Å². The molecule has 2 aliphatic heterocycles. The molecule has 96 valence electrons. The highest BCUT2D eigenvalue weighted by Crippen LogP contribution is 2.36. The second kappa shape index (κ2) is 5.65. The molecular formula is C13H22N2O2. The topological polar surface area (TPSA) is 41.6 Å². The lowest BCUT2D eigenvalue weighted by atomic mass is 9.78. The fourth-order valence-corrected chi connectivity index (χ4v) is 2.80. The second-order valence-electron chi connectivity index (χ2n) is 5.15. The van der Waals surface area contributed by atoms with Crippen LogP contribution in [-0.4, -0.2) is 50.7 Å². The van der Waals surface area contributed by atoms with Crippen LogP contribution in [0.3, 0.4) is 0 Å². The summed E-state index contributed by atoms with van der Waals surface area (Å²) in [5, 5.41) is 3.47. The Labute approximate surface area is 103 Å². The molecule has 17 heavy (non-hydrogen) atoms. The van der Waals surface area contributed by atoms with Crippen molar-refractivity contribution in [1.82, 2.24) is 10.2 Å². The Balaban J connectivity index is 1.72. The fraction of sp³-hybridized carbons (Fsp3) is 0.769. The number of nitrogens with one attached hydrogen (secondary N) is 1. The molecule has 1 N–H and O–H groups in total. The summed E-state index contributed by atoms with van der Waals surface area (Å²) >= 11 is 0. The third-order valence-electron chi connectivity index (χ3n) is 4.07. The maximum absolute atomic E-state index is 10.9. The molecule has 0 aromatic rings. The highest BCUT2D eigenvalue weighted by molar-refractivity contribution is 5.81. The minimum Gasteiger partial charge on any atom is -0.466 e. The summed E-state index contributed by atoms with van der Waals surface area (Å²) in [5.41, 5.74) is 0.572. The second-order valence-corrected chi connectivity index (χ2v) is 5.15. The van der Waals surface area contributed by atoms with Gasteiger partial charge in [0.2, 0.25) is 0 Å². The Morgan fingerprint density at radius 3 is 2.76 bits per heavy atom. The van der Waals surface area contributed by atoms with Gasteiger partial charge in [0.15, 0.2) is 0 Å². The third-order valence-corrected chi connectivity index (χ3v) is 4.07. The minimum atomic E-state index is -0.265. The van der Waals surface area contributed by atoms with E-state index in [4.69, 9.17) is 0 Å². The Bertz CT molecular complexity index is 286. The molecular weight excluding hydrogens is 216 g/mol. The number of methoxy groups -OCH3 is 1. The van der Waals surface area contributed by atoms with Crippen molar-refractivity contribution < 1.29 is 9.53 Å². The van der Waals surface area contributed by atoms with Crippen LogP contribution in [0, 0.1) is 5.41 Å². The van der Waals surface area contributed by atoms with Crippen LogP contribution in [0.5, 0.6) is 0 Å². The molecule has 0 aliphatic carbocycles. The first-order valence-electron chi connectivity index (χ1n) is 6.42. The molecule has 0 bridgehead atoms. The lowest BCUT2D eigenvalue weighted by molar-refractivity contribution is -0.134. The van der Waals surface area contributed by atoms with E-state index >= 15 is 0 Å². The zero-order valence-electron chi connectivity index (χ0n) is 10.6. The number of piperidine rings is 1. The van der Waals surface area contributed by atoms with Gasteiger partial charge in [0.1, 0.15) is 0 Å². The Hall–Kier alpha value is -0.870. The van der Waals surface area contributed by atoms with E-state index in [1.807, 2.05) is 6.08 Å². The van der Waals surface area contributed by atoms with Gasteiger partial charge in [0.25, 0.3) is 0 Å². The fourth-order valence-electron chi connectivity index (χ4n) is 2.80. The quantitative estimate of drug-likeness (QED) is 0.583. The predicted octanol–water partition coefficient (Wildman–Crippen LogP) is 0.791. The van der Waals surface area contributed by atoms with Crippen LogP contribution in [0.15, 0.2) is 12.2 Å². The monoisotopic (exact) mass is 238 g/mol. The molecule has 2 saturated heterocycles. The van der Waals surface area contributed by atoms with Crippen molar-refractivity contribution >= 4 is 5.97 Å². The van der Waals surface area contributed by atoms with E-state index in [1.165, 1.54) is 45.5 Å². The maximum atomic E-state index is 10.9. The van der Waals surface area contributed by atoms with Crippen LogP contribution in [-0.2, 0) is 9.53 Å². The lowest BCUT2D eigenvalue weighted by Gasteiger charge is -2.38. The molecule has 0 saturated carbocycles. The van der Waals surface area contributed by atoms with Gasteiger partial charge in [-0.2, -0.15) is 0 Å². The van der Waals surface area contributed by atoms with Gasteiger partial charge in [0, 0.05) is 19.2 Å². The first-order chi connectivity index (χ1) is 8.24. The molecule has 4 nitrogen and oxygen atoms in total. The van der Waals surface area contributed by atoms with Gasteiger partial charge in [0.05, 0.1) is 7.11 Å². The van der Waals surface area contributed by atoms with E-state index in [-0.39, 0.29) is 5.97 Å². The van der Waals surface area contributed by atoms with Crippen molar-refractivity contribution in [2.24, 2.45) is 5.41 Å². The van der Waals surface area contributed by atoms with Crippen molar-refractivity contribution in [3.63, 3.8) is 0 Å². The van der Waals surface area contributed by atoms with Crippen molar-refractivity contribution in [1.29, 1.82) is 0 Å². The highest BCUT2D eigenvalue weighted by Gasteiger charge is 2.36. The zero-order chi connectivity index (χ0) is 12.1. The van der Waals surface area contributed by atoms with Crippen molar-refractivity contribution in [2.75, 3.05) is 39.8 Å². The van der Waals surface area contributed by atoms with Gasteiger partial charge in [-0.15, -0.1) is 0 Å². The van der Waals surface area contributed by atoms with Crippen molar-refractivity contribution in [3.8, 4) is 0 Å². The van der Waals surface area contributed by atoms with Crippen LogP contribution in [0.4, 0.5) is 0 Å². The van der Waals surface area contributed by atoms with Gasteiger partial charge in [-0.3, -0.25) is 4.90 Å². The molecule has 0 atom stereocenters. The smallest absolute Gasteiger partial charge is 0.330 e. The number of likely N-dealkylation sites (tertiary alicyclic amines) is 1.